The molecule has 0 aliphatic rings. The summed E-state index contributed by atoms with van der Waals surface area (Å²) < 4.78 is 0. The molecule has 0 aliphatic carbocycles. The molecule has 0 aromatic rings. The largest absolute Gasteiger partial charge is 0.330 e. The molecular weight excluding hydrogens is 150 g/mol. The number of carbonyl (C=O) groups excluding carboxylic acids is 1. The third-order valence-corrected chi connectivity index (χ3v) is 2.50. The molecule has 0 spiro atoms. The highest BCUT2D eigenvalue weighted by atomic mass is 16.1. The van der Waals surface area contributed by atoms with Crippen LogP contribution in [0.1, 0.15) is 46.5 Å². The van der Waals surface area contributed by atoms with E-state index in [4.69, 9.17) is 5.73 Å². The lowest BCUT2D eigenvalue weighted by Gasteiger charge is -2.20. The normalized spacial score (nSPS) is 11.7. The van der Waals surface area contributed by atoms with Gasteiger partial charge in [-0.1, -0.05) is 20.8 Å². The van der Waals surface area contributed by atoms with Crippen molar-refractivity contribution in [2.24, 2.45) is 11.1 Å². The molecule has 12 heavy (non-hydrogen) atoms. The van der Waals surface area contributed by atoms with Crippen LogP contribution < -0.4 is 5.73 Å². The first-order chi connectivity index (χ1) is 5.54. The van der Waals surface area contributed by atoms with Gasteiger partial charge in [0, 0.05) is 11.8 Å². The van der Waals surface area contributed by atoms with E-state index in [1.807, 2.05) is 13.8 Å². The van der Waals surface area contributed by atoms with Crippen LogP contribution in [0.2, 0.25) is 0 Å². The SMILES string of the molecule is CCC(C)(C)C(=O)CCCCN. The van der Waals surface area contributed by atoms with Crippen LogP contribution in [0.25, 0.3) is 0 Å². The molecule has 0 amide bonds. The molecule has 0 aliphatic heterocycles. The summed E-state index contributed by atoms with van der Waals surface area (Å²) in [6, 6.07) is 0. The van der Waals surface area contributed by atoms with E-state index < -0.39 is 0 Å². The third-order valence-electron chi connectivity index (χ3n) is 2.50. The molecule has 0 rings (SSSR count). The van der Waals surface area contributed by atoms with Crippen molar-refractivity contribution in [2.75, 3.05) is 6.54 Å². The highest BCUT2D eigenvalue weighted by molar-refractivity contribution is 5.83. The van der Waals surface area contributed by atoms with Gasteiger partial charge in [0.05, 0.1) is 0 Å². The van der Waals surface area contributed by atoms with Crippen LogP contribution in [0, 0.1) is 5.41 Å². The first-order valence-electron chi connectivity index (χ1n) is 4.78. The van der Waals surface area contributed by atoms with Crippen LogP contribution >= 0.6 is 0 Å². The Hall–Kier alpha value is -0.370. The van der Waals surface area contributed by atoms with Crippen molar-refractivity contribution in [1.29, 1.82) is 0 Å². The fourth-order valence-electron chi connectivity index (χ4n) is 0.965. The molecule has 0 radical (unpaired) electrons. The Bertz CT molecular complexity index is 141. The maximum atomic E-state index is 11.5. The topological polar surface area (TPSA) is 43.1 Å². The van der Waals surface area contributed by atoms with Gasteiger partial charge in [0.1, 0.15) is 5.78 Å². The van der Waals surface area contributed by atoms with Crippen molar-refractivity contribution in [3.8, 4) is 0 Å². The zero-order valence-corrected chi connectivity index (χ0v) is 8.52. The third kappa shape index (κ3) is 3.86. The first kappa shape index (κ1) is 11.6. The van der Waals surface area contributed by atoms with Gasteiger partial charge < -0.3 is 5.73 Å². The standard InChI is InChI=1S/C10H21NO/c1-4-10(2,3)9(12)7-5-6-8-11/h4-8,11H2,1-3H3. The number of ketones is 1. The summed E-state index contributed by atoms with van der Waals surface area (Å²) in [5.74, 6) is 0.374. The van der Waals surface area contributed by atoms with E-state index in [2.05, 4.69) is 6.92 Å². The van der Waals surface area contributed by atoms with Crippen molar-refractivity contribution in [3.05, 3.63) is 0 Å². The molecule has 0 unspecified atom stereocenters. The number of hydrogen-bond donors (Lipinski definition) is 1. The predicted molar refractivity (Wildman–Crippen MR) is 52.0 cm³/mol. The summed E-state index contributed by atoms with van der Waals surface area (Å²) in [7, 11) is 0. The number of hydrogen-bond acceptors (Lipinski definition) is 2. The second-order valence-electron chi connectivity index (χ2n) is 3.91. The lowest BCUT2D eigenvalue weighted by molar-refractivity contribution is -0.127. The Kier molecular flexibility index (Phi) is 5.14. The number of carbonyl (C=O) groups is 1. The lowest BCUT2D eigenvalue weighted by Crippen LogP contribution is -2.23. The average molecular weight is 171 g/mol. The molecular formula is C10H21NO. The van der Waals surface area contributed by atoms with Crippen LogP contribution in [0.3, 0.4) is 0 Å². The minimum Gasteiger partial charge on any atom is -0.330 e. The summed E-state index contributed by atoms with van der Waals surface area (Å²) in [5, 5.41) is 0. The summed E-state index contributed by atoms with van der Waals surface area (Å²) in [6.45, 7) is 6.77. The van der Waals surface area contributed by atoms with Gasteiger partial charge in [-0.25, -0.2) is 0 Å². The Morgan fingerprint density at radius 1 is 1.33 bits per heavy atom. The minimum atomic E-state index is -0.130. The molecule has 72 valence electrons. The Balaban J connectivity index is 3.72. The van der Waals surface area contributed by atoms with Crippen LogP contribution in [0.15, 0.2) is 0 Å². The van der Waals surface area contributed by atoms with E-state index in [0.717, 1.165) is 19.3 Å². The summed E-state index contributed by atoms with van der Waals surface area (Å²) >= 11 is 0. The Morgan fingerprint density at radius 2 is 1.92 bits per heavy atom. The van der Waals surface area contributed by atoms with Gasteiger partial charge in [-0.3, -0.25) is 4.79 Å². The molecule has 0 fully saturated rings. The summed E-state index contributed by atoms with van der Waals surface area (Å²) in [5.41, 5.74) is 5.21. The van der Waals surface area contributed by atoms with Crippen LogP contribution in [-0.4, -0.2) is 12.3 Å². The average Bonchev–Trinajstić information content (AvgIpc) is 2.05. The number of rotatable bonds is 6. The molecule has 0 heterocycles. The van der Waals surface area contributed by atoms with Crippen molar-refractivity contribution in [1.82, 2.24) is 0 Å². The number of unbranched alkanes of at least 4 members (excludes halogenated alkanes) is 1. The predicted octanol–water partition coefficient (Wildman–Crippen LogP) is 2.12. The van der Waals surface area contributed by atoms with E-state index in [1.165, 1.54) is 0 Å². The Morgan fingerprint density at radius 3 is 2.33 bits per heavy atom. The van der Waals surface area contributed by atoms with Crippen molar-refractivity contribution in [3.63, 3.8) is 0 Å². The molecule has 0 saturated heterocycles. The molecule has 0 bridgehead atoms. The number of nitrogens with two attached hydrogens (primary N) is 1. The lowest BCUT2D eigenvalue weighted by atomic mass is 9.83. The van der Waals surface area contributed by atoms with E-state index in [0.29, 0.717) is 18.7 Å². The van der Waals surface area contributed by atoms with Crippen LogP contribution in [-0.2, 0) is 4.79 Å². The second-order valence-corrected chi connectivity index (χ2v) is 3.91. The molecule has 0 atom stereocenters. The monoisotopic (exact) mass is 171 g/mol. The van der Waals surface area contributed by atoms with Gasteiger partial charge in [0.2, 0.25) is 0 Å². The van der Waals surface area contributed by atoms with Gasteiger partial charge in [0.15, 0.2) is 0 Å². The molecule has 0 saturated carbocycles. The van der Waals surface area contributed by atoms with E-state index >= 15 is 0 Å². The maximum Gasteiger partial charge on any atom is 0.138 e. The first-order valence-corrected chi connectivity index (χ1v) is 4.78. The van der Waals surface area contributed by atoms with E-state index in [1.54, 1.807) is 0 Å². The van der Waals surface area contributed by atoms with Crippen molar-refractivity contribution >= 4 is 5.78 Å². The molecule has 2 N–H and O–H groups in total. The fourth-order valence-corrected chi connectivity index (χ4v) is 0.965. The fraction of sp³-hybridized carbons (Fsp3) is 0.900. The highest BCUT2D eigenvalue weighted by Gasteiger charge is 2.23. The minimum absolute atomic E-state index is 0.130. The van der Waals surface area contributed by atoms with E-state index in [9.17, 15) is 4.79 Å². The zero-order valence-electron chi connectivity index (χ0n) is 8.52. The van der Waals surface area contributed by atoms with Gasteiger partial charge in [-0.15, -0.1) is 0 Å². The van der Waals surface area contributed by atoms with Gasteiger partial charge in [-0.05, 0) is 25.8 Å². The maximum absolute atomic E-state index is 11.5. The van der Waals surface area contributed by atoms with Crippen LogP contribution in [0.4, 0.5) is 0 Å². The summed E-state index contributed by atoms with van der Waals surface area (Å²) in [6.07, 6.45) is 3.52. The van der Waals surface area contributed by atoms with Crippen molar-refractivity contribution in [2.45, 2.75) is 46.5 Å². The Labute approximate surface area is 75.5 Å². The second kappa shape index (κ2) is 5.31. The van der Waals surface area contributed by atoms with Gasteiger partial charge in [-0.2, -0.15) is 0 Å². The quantitative estimate of drug-likeness (QED) is 0.622. The molecule has 2 nitrogen and oxygen atoms in total. The smallest absolute Gasteiger partial charge is 0.138 e. The van der Waals surface area contributed by atoms with Gasteiger partial charge in [0.25, 0.3) is 0 Å². The molecule has 0 aromatic carbocycles. The van der Waals surface area contributed by atoms with Gasteiger partial charge >= 0.3 is 0 Å². The van der Waals surface area contributed by atoms with E-state index in [-0.39, 0.29) is 5.41 Å². The molecule has 2 heteroatoms. The number of Topliss-reactive ketones (excluding diaryl/α,β-unsaturated/α-hetero) is 1. The zero-order chi connectivity index (χ0) is 9.61. The summed E-state index contributed by atoms with van der Waals surface area (Å²) in [4.78, 5) is 11.5. The van der Waals surface area contributed by atoms with Crippen LogP contribution in [0.5, 0.6) is 0 Å². The highest BCUT2D eigenvalue weighted by Crippen LogP contribution is 2.23. The van der Waals surface area contributed by atoms with Crippen molar-refractivity contribution < 1.29 is 4.79 Å². The molecule has 0 aromatic heterocycles.